The van der Waals surface area contributed by atoms with Gasteiger partial charge in [-0.3, -0.25) is 0 Å². The third kappa shape index (κ3) is 3.35. The van der Waals surface area contributed by atoms with Crippen LogP contribution in [-0.2, 0) is 0 Å². The van der Waals surface area contributed by atoms with Gasteiger partial charge in [-0.05, 0) is 43.1 Å². The molecule has 0 saturated carbocycles. The fraction of sp³-hybridized carbons (Fsp3) is 0.333. The lowest BCUT2D eigenvalue weighted by molar-refractivity contribution is 0.587. The minimum absolute atomic E-state index is 0.00162. The summed E-state index contributed by atoms with van der Waals surface area (Å²) in [6.45, 7) is 4.92. The summed E-state index contributed by atoms with van der Waals surface area (Å²) in [4.78, 5) is 8.12. The lowest BCUT2D eigenvalue weighted by Crippen LogP contribution is -2.24. The molecule has 1 heterocycles. The van der Waals surface area contributed by atoms with Gasteiger partial charge >= 0.3 is 0 Å². The molecule has 2 aromatic rings. The number of hydrogen-bond donors (Lipinski definition) is 1. The van der Waals surface area contributed by atoms with Crippen LogP contribution in [0.4, 0.5) is 4.39 Å². The normalized spacial score (nSPS) is 12.4. The molecule has 0 aliphatic heterocycles. The third-order valence-electron chi connectivity index (χ3n) is 3.06. The van der Waals surface area contributed by atoms with Gasteiger partial charge in [-0.1, -0.05) is 13.0 Å². The molecule has 0 aliphatic rings. The fourth-order valence-electron chi connectivity index (χ4n) is 2.12. The molecule has 1 N–H and O–H groups in total. The Hall–Kier alpha value is -1.81. The van der Waals surface area contributed by atoms with Crippen molar-refractivity contribution in [3.8, 4) is 0 Å². The van der Waals surface area contributed by atoms with Crippen LogP contribution in [-0.4, -0.2) is 16.5 Å². The van der Waals surface area contributed by atoms with Gasteiger partial charge in [0.1, 0.15) is 12.1 Å². The Morgan fingerprint density at radius 3 is 2.63 bits per heavy atom. The number of nitrogens with zero attached hydrogens (tertiary/aromatic N) is 2. The quantitative estimate of drug-likeness (QED) is 0.897. The summed E-state index contributed by atoms with van der Waals surface area (Å²) in [7, 11) is 0. The van der Waals surface area contributed by atoms with Crippen molar-refractivity contribution in [3.05, 3.63) is 59.4 Å². The van der Waals surface area contributed by atoms with Crippen LogP contribution in [0.25, 0.3) is 0 Å². The van der Waals surface area contributed by atoms with Gasteiger partial charge in [-0.25, -0.2) is 14.4 Å². The summed E-state index contributed by atoms with van der Waals surface area (Å²) in [5, 5.41) is 3.46. The van der Waals surface area contributed by atoms with Crippen LogP contribution < -0.4 is 5.32 Å². The van der Waals surface area contributed by atoms with Gasteiger partial charge in [0, 0.05) is 18.0 Å². The smallest absolute Gasteiger partial charge is 0.123 e. The van der Waals surface area contributed by atoms with Crippen LogP contribution in [0.15, 0.2) is 36.9 Å². The Labute approximate surface area is 112 Å². The Morgan fingerprint density at radius 2 is 2.00 bits per heavy atom. The highest BCUT2D eigenvalue weighted by Gasteiger charge is 2.16. The first-order valence-corrected chi connectivity index (χ1v) is 6.46. The van der Waals surface area contributed by atoms with E-state index in [2.05, 4.69) is 22.2 Å². The molecule has 0 fully saturated rings. The Morgan fingerprint density at radius 1 is 1.26 bits per heavy atom. The van der Waals surface area contributed by atoms with Gasteiger partial charge in [-0.2, -0.15) is 0 Å². The van der Waals surface area contributed by atoms with Gasteiger partial charge < -0.3 is 5.32 Å². The average Bonchev–Trinajstić information content (AvgIpc) is 2.42. The van der Waals surface area contributed by atoms with E-state index < -0.39 is 0 Å². The van der Waals surface area contributed by atoms with E-state index in [4.69, 9.17) is 0 Å². The summed E-state index contributed by atoms with van der Waals surface area (Å²) in [6, 6.07) is 4.87. The summed E-state index contributed by atoms with van der Waals surface area (Å²) < 4.78 is 13.2. The minimum Gasteiger partial charge on any atom is -0.306 e. The van der Waals surface area contributed by atoms with Crippen LogP contribution >= 0.6 is 0 Å². The number of halogens is 1. The van der Waals surface area contributed by atoms with E-state index in [1.54, 1.807) is 18.5 Å². The van der Waals surface area contributed by atoms with Gasteiger partial charge in [0.2, 0.25) is 0 Å². The summed E-state index contributed by atoms with van der Waals surface area (Å²) >= 11 is 0. The van der Waals surface area contributed by atoms with E-state index in [0.717, 1.165) is 29.7 Å². The van der Waals surface area contributed by atoms with Crippen molar-refractivity contribution >= 4 is 0 Å². The number of nitrogens with one attached hydrogen (secondary N) is 1. The molecule has 4 heteroatoms. The predicted molar refractivity (Wildman–Crippen MR) is 73.3 cm³/mol. The maximum atomic E-state index is 13.2. The molecule has 1 unspecified atom stereocenters. The SMILES string of the molecule is CCCNC(c1cncnc1)c1ccc(F)cc1C. The highest BCUT2D eigenvalue weighted by atomic mass is 19.1. The molecule has 3 nitrogen and oxygen atoms in total. The van der Waals surface area contributed by atoms with Crippen LogP contribution in [0.2, 0.25) is 0 Å². The second-order valence-electron chi connectivity index (χ2n) is 4.56. The highest BCUT2D eigenvalue weighted by Crippen LogP contribution is 2.24. The molecule has 0 aliphatic carbocycles. The molecule has 2 rings (SSSR count). The molecule has 100 valence electrons. The topological polar surface area (TPSA) is 37.8 Å². The zero-order chi connectivity index (χ0) is 13.7. The van der Waals surface area contributed by atoms with Crippen molar-refractivity contribution in [3.63, 3.8) is 0 Å². The van der Waals surface area contributed by atoms with E-state index in [0.29, 0.717) is 0 Å². The second kappa shape index (κ2) is 6.38. The number of benzene rings is 1. The molecule has 0 radical (unpaired) electrons. The predicted octanol–water partition coefficient (Wildman–Crippen LogP) is 3.01. The van der Waals surface area contributed by atoms with Crippen LogP contribution in [0.1, 0.15) is 36.1 Å². The maximum Gasteiger partial charge on any atom is 0.123 e. The third-order valence-corrected chi connectivity index (χ3v) is 3.06. The monoisotopic (exact) mass is 259 g/mol. The molecule has 19 heavy (non-hydrogen) atoms. The molecule has 0 saturated heterocycles. The molecule has 1 aromatic heterocycles. The maximum absolute atomic E-state index is 13.2. The zero-order valence-corrected chi connectivity index (χ0v) is 11.2. The Kier molecular flexibility index (Phi) is 4.58. The largest absolute Gasteiger partial charge is 0.306 e. The van der Waals surface area contributed by atoms with E-state index in [9.17, 15) is 4.39 Å². The second-order valence-corrected chi connectivity index (χ2v) is 4.56. The van der Waals surface area contributed by atoms with Crippen LogP contribution in [0.5, 0.6) is 0 Å². The molecule has 0 spiro atoms. The van der Waals surface area contributed by atoms with Crippen molar-refractivity contribution in [1.82, 2.24) is 15.3 Å². The molecular weight excluding hydrogens is 241 g/mol. The molecule has 0 bridgehead atoms. The molecular formula is C15H18FN3. The number of aromatic nitrogens is 2. The van der Waals surface area contributed by atoms with Gasteiger partial charge in [0.15, 0.2) is 0 Å². The van der Waals surface area contributed by atoms with E-state index in [-0.39, 0.29) is 11.9 Å². The van der Waals surface area contributed by atoms with Gasteiger partial charge in [0.25, 0.3) is 0 Å². The number of hydrogen-bond acceptors (Lipinski definition) is 3. The Bertz CT molecular complexity index is 528. The van der Waals surface area contributed by atoms with Crippen LogP contribution in [0, 0.1) is 12.7 Å². The lowest BCUT2D eigenvalue weighted by atomic mass is 9.96. The highest BCUT2D eigenvalue weighted by molar-refractivity contribution is 5.35. The lowest BCUT2D eigenvalue weighted by Gasteiger charge is -2.20. The van der Waals surface area contributed by atoms with E-state index >= 15 is 0 Å². The Balaban J connectivity index is 2.37. The van der Waals surface area contributed by atoms with E-state index in [1.165, 1.54) is 12.4 Å². The fourth-order valence-corrected chi connectivity index (χ4v) is 2.12. The van der Waals surface area contributed by atoms with Crippen molar-refractivity contribution in [1.29, 1.82) is 0 Å². The van der Waals surface area contributed by atoms with Crippen molar-refractivity contribution in [2.24, 2.45) is 0 Å². The van der Waals surface area contributed by atoms with Gasteiger partial charge in [0.05, 0.1) is 6.04 Å². The summed E-state index contributed by atoms with van der Waals surface area (Å²) in [6.07, 6.45) is 6.13. The van der Waals surface area contributed by atoms with Gasteiger partial charge in [-0.15, -0.1) is 0 Å². The van der Waals surface area contributed by atoms with Crippen molar-refractivity contribution in [2.75, 3.05) is 6.54 Å². The van der Waals surface area contributed by atoms with Crippen LogP contribution in [0.3, 0.4) is 0 Å². The first-order chi connectivity index (χ1) is 9.22. The zero-order valence-electron chi connectivity index (χ0n) is 11.2. The average molecular weight is 259 g/mol. The number of rotatable bonds is 5. The first-order valence-electron chi connectivity index (χ1n) is 6.46. The first kappa shape index (κ1) is 13.6. The van der Waals surface area contributed by atoms with Crippen molar-refractivity contribution < 1.29 is 4.39 Å². The minimum atomic E-state index is -0.209. The number of aryl methyl sites for hydroxylation is 1. The molecule has 1 aromatic carbocycles. The summed E-state index contributed by atoms with van der Waals surface area (Å²) in [5.74, 6) is -0.209. The standard InChI is InChI=1S/C15H18FN3/c1-3-6-19-15(12-8-17-10-18-9-12)14-5-4-13(16)7-11(14)2/h4-5,7-10,15,19H,3,6H2,1-2H3. The van der Waals surface area contributed by atoms with Crippen molar-refractivity contribution in [2.45, 2.75) is 26.3 Å². The molecule has 0 amide bonds. The van der Waals surface area contributed by atoms with E-state index in [1.807, 2.05) is 13.0 Å². The summed E-state index contributed by atoms with van der Waals surface area (Å²) in [5.41, 5.74) is 2.98. The molecule has 1 atom stereocenters.